The van der Waals surface area contributed by atoms with E-state index in [0.29, 0.717) is 19.0 Å². The first-order valence-corrected chi connectivity index (χ1v) is 8.94. The third-order valence-electron chi connectivity index (χ3n) is 5.05. The van der Waals surface area contributed by atoms with Crippen LogP contribution in [-0.4, -0.2) is 43.4 Å². The zero-order valence-corrected chi connectivity index (χ0v) is 14.9. The van der Waals surface area contributed by atoms with Gasteiger partial charge in [-0.1, -0.05) is 42.5 Å². The second-order valence-corrected chi connectivity index (χ2v) is 6.55. The molecule has 0 radical (unpaired) electrons. The maximum absolute atomic E-state index is 10.8. The number of rotatable bonds is 4. The zero-order valence-electron chi connectivity index (χ0n) is 14.9. The van der Waals surface area contributed by atoms with Gasteiger partial charge in [0.25, 0.3) is 0 Å². The summed E-state index contributed by atoms with van der Waals surface area (Å²) in [7, 11) is 1.67. The van der Waals surface area contributed by atoms with Crippen LogP contribution in [-0.2, 0) is 4.74 Å². The van der Waals surface area contributed by atoms with E-state index in [-0.39, 0.29) is 6.04 Å². The van der Waals surface area contributed by atoms with E-state index in [1.54, 1.807) is 13.2 Å². The predicted molar refractivity (Wildman–Crippen MR) is 103 cm³/mol. The van der Waals surface area contributed by atoms with Gasteiger partial charge in [0, 0.05) is 18.7 Å². The summed E-state index contributed by atoms with van der Waals surface area (Å²) in [5, 5.41) is 12.9. The first-order valence-electron chi connectivity index (χ1n) is 8.94. The normalized spacial score (nSPS) is 16.5. The fourth-order valence-corrected chi connectivity index (χ4v) is 3.76. The second kappa shape index (κ2) is 7.36. The van der Waals surface area contributed by atoms with Gasteiger partial charge >= 0.3 is 0 Å². The van der Waals surface area contributed by atoms with Crippen molar-refractivity contribution in [2.45, 2.75) is 6.04 Å². The third-order valence-corrected chi connectivity index (χ3v) is 5.05. The molecule has 0 aliphatic carbocycles. The van der Waals surface area contributed by atoms with Crippen LogP contribution in [0.3, 0.4) is 0 Å². The van der Waals surface area contributed by atoms with Crippen LogP contribution in [0.5, 0.6) is 11.5 Å². The minimum absolute atomic E-state index is 0.0316. The topological polar surface area (TPSA) is 41.9 Å². The Balaban J connectivity index is 1.93. The van der Waals surface area contributed by atoms with Gasteiger partial charge in [0.15, 0.2) is 0 Å². The van der Waals surface area contributed by atoms with Gasteiger partial charge in [-0.2, -0.15) is 0 Å². The lowest BCUT2D eigenvalue weighted by molar-refractivity contribution is 0.0238. The van der Waals surface area contributed by atoms with E-state index in [2.05, 4.69) is 17.0 Å². The smallest absolute Gasteiger partial charge is 0.121 e. The molecule has 1 heterocycles. The number of benzene rings is 3. The van der Waals surface area contributed by atoms with Crippen molar-refractivity contribution in [3.8, 4) is 11.5 Å². The molecule has 26 heavy (non-hydrogen) atoms. The zero-order chi connectivity index (χ0) is 17.9. The Bertz CT molecular complexity index is 889. The summed E-state index contributed by atoms with van der Waals surface area (Å²) in [5.41, 5.74) is 2.09. The number of ether oxygens (including phenoxy) is 2. The largest absolute Gasteiger partial charge is 0.508 e. The Morgan fingerprint density at radius 3 is 2.46 bits per heavy atom. The number of phenolic OH excluding ortho intramolecular Hbond substituents is 1. The number of methoxy groups -OCH3 is 1. The van der Waals surface area contributed by atoms with Gasteiger partial charge in [-0.3, -0.25) is 4.90 Å². The molecule has 1 atom stereocenters. The molecular weight excluding hydrogens is 326 g/mol. The minimum Gasteiger partial charge on any atom is -0.508 e. The predicted octanol–water partition coefficient (Wildman–Crippen LogP) is 3.98. The quantitative estimate of drug-likeness (QED) is 0.774. The Morgan fingerprint density at radius 1 is 1.00 bits per heavy atom. The number of nitrogens with zero attached hydrogens (tertiary/aromatic N) is 1. The van der Waals surface area contributed by atoms with Crippen molar-refractivity contribution < 1.29 is 14.6 Å². The molecule has 1 unspecified atom stereocenters. The molecule has 0 amide bonds. The highest BCUT2D eigenvalue weighted by molar-refractivity contribution is 5.89. The number of aromatic hydroxyl groups is 1. The lowest BCUT2D eigenvalue weighted by atomic mass is 9.91. The van der Waals surface area contributed by atoms with Gasteiger partial charge in [-0.25, -0.2) is 0 Å². The van der Waals surface area contributed by atoms with E-state index in [4.69, 9.17) is 9.47 Å². The molecule has 4 heteroatoms. The van der Waals surface area contributed by atoms with Gasteiger partial charge in [-0.15, -0.1) is 0 Å². The summed E-state index contributed by atoms with van der Waals surface area (Å²) >= 11 is 0. The average molecular weight is 349 g/mol. The molecular formula is C22H23NO3. The molecule has 134 valence electrons. The Labute approximate surface area is 153 Å². The summed E-state index contributed by atoms with van der Waals surface area (Å²) in [6, 6.07) is 20.1. The number of fused-ring (bicyclic) bond motifs is 1. The van der Waals surface area contributed by atoms with Gasteiger partial charge in [0.2, 0.25) is 0 Å². The van der Waals surface area contributed by atoms with Crippen molar-refractivity contribution in [2.24, 2.45) is 0 Å². The molecule has 3 aromatic rings. The van der Waals surface area contributed by atoms with Gasteiger partial charge < -0.3 is 14.6 Å². The fraction of sp³-hybridized carbons (Fsp3) is 0.273. The molecule has 1 aliphatic rings. The molecule has 0 aromatic heterocycles. The SMILES string of the molecule is COc1ccc2ccc(O)c(C(c3ccccc3)N3CCOCC3)c2c1. The van der Waals surface area contributed by atoms with Crippen molar-refractivity contribution in [3.05, 3.63) is 71.8 Å². The third kappa shape index (κ3) is 3.14. The van der Waals surface area contributed by atoms with Crippen LogP contribution in [0.1, 0.15) is 17.2 Å². The molecule has 1 saturated heterocycles. The second-order valence-electron chi connectivity index (χ2n) is 6.55. The van der Waals surface area contributed by atoms with Crippen molar-refractivity contribution in [1.29, 1.82) is 0 Å². The highest BCUT2D eigenvalue weighted by Crippen LogP contribution is 2.40. The average Bonchev–Trinajstić information content (AvgIpc) is 2.71. The van der Waals surface area contributed by atoms with Crippen LogP contribution in [0.15, 0.2) is 60.7 Å². The molecule has 1 fully saturated rings. The monoisotopic (exact) mass is 349 g/mol. The highest BCUT2D eigenvalue weighted by Gasteiger charge is 2.28. The van der Waals surface area contributed by atoms with Gasteiger partial charge in [0.1, 0.15) is 11.5 Å². The van der Waals surface area contributed by atoms with Crippen molar-refractivity contribution in [1.82, 2.24) is 4.90 Å². The van der Waals surface area contributed by atoms with Crippen LogP contribution in [0.4, 0.5) is 0 Å². The first kappa shape index (κ1) is 16.9. The number of morpholine rings is 1. The van der Waals surface area contributed by atoms with Crippen LogP contribution < -0.4 is 4.74 Å². The minimum atomic E-state index is -0.0316. The van der Waals surface area contributed by atoms with Crippen molar-refractivity contribution in [2.75, 3.05) is 33.4 Å². The number of hydrogen-bond donors (Lipinski definition) is 1. The Hall–Kier alpha value is -2.56. The lowest BCUT2D eigenvalue weighted by Gasteiger charge is -2.36. The molecule has 0 bridgehead atoms. The maximum atomic E-state index is 10.8. The molecule has 0 saturated carbocycles. The summed E-state index contributed by atoms with van der Waals surface area (Å²) in [5.74, 6) is 1.10. The molecule has 3 aromatic carbocycles. The number of hydrogen-bond acceptors (Lipinski definition) is 4. The molecule has 4 rings (SSSR count). The Kier molecular flexibility index (Phi) is 4.78. The standard InChI is InChI=1S/C22H23NO3/c1-25-18-9-7-16-8-10-20(24)21(19(16)15-18)22(17-5-3-2-4-6-17)23-11-13-26-14-12-23/h2-10,15,22,24H,11-14H2,1H3. The summed E-state index contributed by atoms with van der Waals surface area (Å²) in [4.78, 5) is 2.38. The van der Waals surface area contributed by atoms with Gasteiger partial charge in [0.05, 0.1) is 26.4 Å². The van der Waals surface area contributed by atoms with E-state index < -0.39 is 0 Å². The molecule has 1 N–H and O–H groups in total. The van der Waals surface area contributed by atoms with E-state index >= 15 is 0 Å². The van der Waals surface area contributed by atoms with Crippen LogP contribution in [0.2, 0.25) is 0 Å². The lowest BCUT2D eigenvalue weighted by Crippen LogP contribution is -2.39. The summed E-state index contributed by atoms with van der Waals surface area (Å²) < 4.78 is 11.0. The highest BCUT2D eigenvalue weighted by atomic mass is 16.5. The van der Waals surface area contributed by atoms with Crippen molar-refractivity contribution >= 4 is 10.8 Å². The molecule has 0 spiro atoms. The van der Waals surface area contributed by atoms with E-state index in [9.17, 15) is 5.11 Å². The number of phenols is 1. The fourth-order valence-electron chi connectivity index (χ4n) is 3.76. The van der Waals surface area contributed by atoms with E-state index in [1.165, 1.54) is 5.56 Å². The first-order chi connectivity index (χ1) is 12.8. The Morgan fingerprint density at radius 2 is 1.73 bits per heavy atom. The maximum Gasteiger partial charge on any atom is 0.121 e. The van der Waals surface area contributed by atoms with Gasteiger partial charge in [-0.05, 0) is 34.5 Å². The molecule has 1 aliphatic heterocycles. The summed E-state index contributed by atoms with van der Waals surface area (Å²) in [6.45, 7) is 3.08. The summed E-state index contributed by atoms with van der Waals surface area (Å²) in [6.07, 6.45) is 0. The van der Waals surface area contributed by atoms with Crippen LogP contribution in [0, 0.1) is 0 Å². The molecule has 4 nitrogen and oxygen atoms in total. The van der Waals surface area contributed by atoms with Crippen molar-refractivity contribution in [3.63, 3.8) is 0 Å². The van der Waals surface area contributed by atoms with E-state index in [0.717, 1.165) is 35.2 Å². The van der Waals surface area contributed by atoms with Crippen LogP contribution in [0.25, 0.3) is 10.8 Å². The van der Waals surface area contributed by atoms with Crippen LogP contribution >= 0.6 is 0 Å². The van der Waals surface area contributed by atoms with E-state index in [1.807, 2.05) is 42.5 Å².